The molecule has 0 aromatic heterocycles. The zero-order valence-corrected chi connectivity index (χ0v) is 13.0. The van der Waals surface area contributed by atoms with Gasteiger partial charge in [-0.3, -0.25) is 0 Å². The third kappa shape index (κ3) is 7.06. The summed E-state index contributed by atoms with van der Waals surface area (Å²) in [6.45, 7) is 1.16. The number of hydrogen-bond donors (Lipinski definition) is 3. The Morgan fingerprint density at radius 3 is 1.96 bits per heavy atom. The normalized spacial score (nSPS) is 14.0. The molecule has 0 heterocycles. The van der Waals surface area contributed by atoms with Gasteiger partial charge in [0.2, 0.25) is 0 Å². The number of nitrogens with two attached hydrogens (primary N) is 2. The number of alkyl halides is 6. The van der Waals surface area contributed by atoms with E-state index in [4.69, 9.17) is 11.5 Å². The van der Waals surface area contributed by atoms with Crippen LogP contribution in [0.1, 0.15) is 29.5 Å². The van der Waals surface area contributed by atoms with Gasteiger partial charge >= 0.3 is 12.4 Å². The Labute approximate surface area is 136 Å². The molecule has 0 spiro atoms. The van der Waals surface area contributed by atoms with Crippen molar-refractivity contribution in [3.05, 3.63) is 34.9 Å². The minimum atomic E-state index is -4.83. The van der Waals surface area contributed by atoms with Crippen molar-refractivity contribution in [2.75, 3.05) is 19.6 Å². The van der Waals surface area contributed by atoms with Crippen LogP contribution >= 0.6 is 0 Å². The van der Waals surface area contributed by atoms with Gasteiger partial charge in [-0.15, -0.1) is 0 Å². The molecule has 24 heavy (non-hydrogen) atoms. The predicted molar refractivity (Wildman–Crippen MR) is 79.3 cm³/mol. The van der Waals surface area contributed by atoms with Crippen LogP contribution in [0.2, 0.25) is 0 Å². The summed E-state index contributed by atoms with van der Waals surface area (Å²) in [5, 5.41) is 2.93. The van der Waals surface area contributed by atoms with Gasteiger partial charge in [-0.05, 0) is 56.1 Å². The lowest BCUT2D eigenvalue weighted by molar-refractivity contribution is -0.143. The van der Waals surface area contributed by atoms with Crippen LogP contribution < -0.4 is 16.8 Å². The van der Waals surface area contributed by atoms with Crippen molar-refractivity contribution in [3.63, 3.8) is 0 Å². The van der Waals surface area contributed by atoms with Gasteiger partial charge in [0.15, 0.2) is 0 Å². The maximum Gasteiger partial charge on any atom is 0.416 e. The molecule has 0 fully saturated rings. The minimum Gasteiger partial charge on any atom is -0.330 e. The van der Waals surface area contributed by atoms with Gasteiger partial charge < -0.3 is 16.8 Å². The van der Waals surface area contributed by atoms with Crippen molar-refractivity contribution in [3.8, 4) is 0 Å². The topological polar surface area (TPSA) is 64.1 Å². The third-order valence-electron chi connectivity index (χ3n) is 3.42. The van der Waals surface area contributed by atoms with Crippen LogP contribution in [0.5, 0.6) is 0 Å². The first-order valence-corrected chi connectivity index (χ1v) is 7.48. The van der Waals surface area contributed by atoms with E-state index < -0.39 is 23.5 Å². The van der Waals surface area contributed by atoms with Gasteiger partial charge in [-0.2, -0.15) is 26.3 Å². The van der Waals surface area contributed by atoms with Crippen LogP contribution in [-0.2, 0) is 18.8 Å². The lowest BCUT2D eigenvalue weighted by atomic mass is 10.0. The molecular weight excluding hydrogens is 336 g/mol. The van der Waals surface area contributed by atoms with Crippen molar-refractivity contribution in [2.24, 2.45) is 11.5 Å². The largest absolute Gasteiger partial charge is 0.416 e. The van der Waals surface area contributed by atoms with Crippen LogP contribution in [0.4, 0.5) is 26.3 Å². The molecule has 0 aliphatic rings. The summed E-state index contributed by atoms with van der Waals surface area (Å²) in [6.07, 6.45) is -8.16. The Hall–Kier alpha value is -1.32. The first-order valence-electron chi connectivity index (χ1n) is 7.48. The fourth-order valence-corrected chi connectivity index (χ4v) is 2.17. The van der Waals surface area contributed by atoms with Gasteiger partial charge in [0.05, 0.1) is 11.1 Å². The summed E-state index contributed by atoms with van der Waals surface area (Å²) < 4.78 is 76.4. The molecule has 138 valence electrons. The van der Waals surface area contributed by atoms with E-state index in [2.05, 4.69) is 5.32 Å². The quantitative estimate of drug-likeness (QED) is 0.495. The second kappa shape index (κ2) is 8.68. The van der Waals surface area contributed by atoms with Gasteiger partial charge in [-0.1, -0.05) is 0 Å². The molecule has 5 N–H and O–H groups in total. The molecule has 1 atom stereocenters. The van der Waals surface area contributed by atoms with Crippen LogP contribution in [0.25, 0.3) is 0 Å². The SMILES string of the molecule is NCCCC(N)CNCCc1cc(C(F)(F)F)cc(C(F)(F)F)c1. The average Bonchev–Trinajstić information content (AvgIpc) is 2.47. The van der Waals surface area contributed by atoms with Crippen LogP contribution in [0.15, 0.2) is 18.2 Å². The van der Waals surface area contributed by atoms with Crippen molar-refractivity contribution in [1.29, 1.82) is 0 Å². The van der Waals surface area contributed by atoms with Gasteiger partial charge in [0.1, 0.15) is 0 Å². The maximum atomic E-state index is 12.7. The summed E-state index contributed by atoms with van der Waals surface area (Å²) in [6, 6.07) is 1.46. The lowest BCUT2D eigenvalue weighted by Gasteiger charge is -2.15. The molecule has 0 saturated heterocycles. The molecule has 0 bridgehead atoms. The predicted octanol–water partition coefficient (Wildman–Crippen LogP) is 2.92. The molecule has 1 aromatic carbocycles. The third-order valence-corrected chi connectivity index (χ3v) is 3.42. The summed E-state index contributed by atoms with van der Waals surface area (Å²) >= 11 is 0. The van der Waals surface area contributed by atoms with Crippen molar-refractivity contribution in [1.82, 2.24) is 5.32 Å². The van der Waals surface area contributed by atoms with E-state index >= 15 is 0 Å². The molecule has 0 aliphatic heterocycles. The van der Waals surface area contributed by atoms with Crippen molar-refractivity contribution in [2.45, 2.75) is 37.7 Å². The number of halogens is 6. The Morgan fingerprint density at radius 2 is 1.50 bits per heavy atom. The molecule has 9 heteroatoms. The average molecular weight is 357 g/mol. The molecule has 3 nitrogen and oxygen atoms in total. The molecule has 0 amide bonds. The smallest absolute Gasteiger partial charge is 0.330 e. The second-order valence-electron chi connectivity index (χ2n) is 5.56. The van der Waals surface area contributed by atoms with E-state index in [0.717, 1.165) is 18.6 Å². The maximum absolute atomic E-state index is 12.7. The zero-order valence-electron chi connectivity index (χ0n) is 13.0. The highest BCUT2D eigenvalue weighted by Gasteiger charge is 2.36. The molecule has 0 radical (unpaired) electrons. The number of hydrogen-bond acceptors (Lipinski definition) is 3. The van der Waals surface area contributed by atoms with Crippen LogP contribution in [0.3, 0.4) is 0 Å². The fourth-order valence-electron chi connectivity index (χ4n) is 2.17. The van der Waals surface area contributed by atoms with E-state index in [0.29, 0.717) is 19.5 Å². The Morgan fingerprint density at radius 1 is 0.958 bits per heavy atom. The molecule has 1 unspecified atom stereocenters. The Balaban J connectivity index is 2.70. The summed E-state index contributed by atoms with van der Waals surface area (Å²) in [7, 11) is 0. The summed E-state index contributed by atoms with van der Waals surface area (Å²) in [5.74, 6) is 0. The number of benzene rings is 1. The number of rotatable bonds is 8. The standard InChI is InChI=1S/C15H21F6N3/c16-14(17,18)11-6-10(7-12(8-11)15(19,20)21)3-5-24-9-13(23)2-1-4-22/h6-8,13,24H,1-5,9,22-23H2. The number of nitrogens with one attached hydrogen (secondary N) is 1. The zero-order chi connectivity index (χ0) is 18.4. The Bertz CT molecular complexity index is 481. The van der Waals surface area contributed by atoms with Gasteiger partial charge in [-0.25, -0.2) is 0 Å². The van der Waals surface area contributed by atoms with E-state index in [1.165, 1.54) is 0 Å². The van der Waals surface area contributed by atoms with Crippen molar-refractivity contribution < 1.29 is 26.3 Å². The molecular formula is C15H21F6N3. The molecule has 0 aliphatic carbocycles. The molecule has 0 saturated carbocycles. The van der Waals surface area contributed by atoms with E-state index in [-0.39, 0.29) is 30.6 Å². The van der Waals surface area contributed by atoms with Crippen molar-refractivity contribution >= 4 is 0 Å². The fraction of sp³-hybridized carbons (Fsp3) is 0.600. The van der Waals surface area contributed by atoms with E-state index in [1.54, 1.807) is 0 Å². The summed E-state index contributed by atoms with van der Waals surface area (Å²) in [4.78, 5) is 0. The highest BCUT2D eigenvalue weighted by atomic mass is 19.4. The molecule has 1 rings (SSSR count). The highest BCUT2D eigenvalue weighted by molar-refractivity contribution is 5.33. The Kier molecular flexibility index (Phi) is 7.50. The van der Waals surface area contributed by atoms with E-state index in [9.17, 15) is 26.3 Å². The van der Waals surface area contributed by atoms with Gasteiger partial charge in [0, 0.05) is 12.6 Å². The summed E-state index contributed by atoms with van der Waals surface area (Å²) in [5.41, 5.74) is 8.51. The highest BCUT2D eigenvalue weighted by Crippen LogP contribution is 2.36. The van der Waals surface area contributed by atoms with Gasteiger partial charge in [0.25, 0.3) is 0 Å². The van der Waals surface area contributed by atoms with Crippen LogP contribution in [-0.4, -0.2) is 25.7 Å². The van der Waals surface area contributed by atoms with Crippen LogP contribution in [0, 0.1) is 0 Å². The minimum absolute atomic E-state index is 0.0276. The first-order chi connectivity index (χ1) is 11.0. The molecule has 1 aromatic rings. The first kappa shape index (κ1) is 20.7. The second-order valence-corrected chi connectivity index (χ2v) is 5.56. The monoisotopic (exact) mass is 357 g/mol. The lowest BCUT2D eigenvalue weighted by Crippen LogP contribution is -2.35. The van der Waals surface area contributed by atoms with E-state index in [1.807, 2.05) is 0 Å².